The molecule has 0 aliphatic carbocycles. The number of hydrogen-bond donors (Lipinski definition) is 4. The molecule has 1 amide bonds. The highest BCUT2D eigenvalue weighted by molar-refractivity contribution is 6.17. The lowest BCUT2D eigenvalue weighted by Gasteiger charge is -2.42. The number of rotatable bonds is 9. The van der Waals surface area contributed by atoms with Crippen LogP contribution >= 0.6 is 11.6 Å². The number of nitrogens with one attached hydrogen (secondary N) is 1. The van der Waals surface area contributed by atoms with E-state index in [1.54, 1.807) is 0 Å². The van der Waals surface area contributed by atoms with Crippen LogP contribution in [-0.4, -0.2) is 71.0 Å². The van der Waals surface area contributed by atoms with E-state index in [4.69, 9.17) is 21.1 Å². The zero-order chi connectivity index (χ0) is 16.5. The van der Waals surface area contributed by atoms with Crippen molar-refractivity contribution < 1.29 is 29.6 Å². The van der Waals surface area contributed by atoms with E-state index in [-0.39, 0.29) is 5.91 Å². The molecule has 1 rings (SSSR count). The number of carbonyl (C=O) groups is 1. The van der Waals surface area contributed by atoms with Gasteiger partial charge in [-0.15, -0.1) is 11.6 Å². The molecule has 130 valence electrons. The molecule has 1 fully saturated rings. The first-order chi connectivity index (χ1) is 10.5. The summed E-state index contributed by atoms with van der Waals surface area (Å²) in [6.45, 7) is 1.26. The van der Waals surface area contributed by atoms with E-state index in [0.29, 0.717) is 12.5 Å². The van der Waals surface area contributed by atoms with Gasteiger partial charge in [-0.2, -0.15) is 0 Å². The Morgan fingerprint density at radius 3 is 2.50 bits per heavy atom. The Morgan fingerprint density at radius 2 is 1.91 bits per heavy atom. The molecule has 7 nitrogen and oxygen atoms in total. The maximum atomic E-state index is 11.2. The molecule has 0 aromatic rings. The number of amides is 1. The van der Waals surface area contributed by atoms with Crippen LogP contribution in [0.4, 0.5) is 0 Å². The number of unbranched alkanes of at least 4 members (excludes halogenated alkanes) is 3. The van der Waals surface area contributed by atoms with Crippen LogP contribution in [-0.2, 0) is 14.3 Å². The van der Waals surface area contributed by atoms with Crippen LogP contribution in [0, 0.1) is 0 Å². The molecule has 5 atom stereocenters. The molecule has 0 bridgehead atoms. The van der Waals surface area contributed by atoms with Crippen LogP contribution in [0.5, 0.6) is 0 Å². The highest BCUT2D eigenvalue weighted by atomic mass is 35.5. The molecule has 0 unspecified atom stereocenters. The minimum atomic E-state index is -1.29. The SMILES string of the molecule is CC(=O)N[C@@H]1[C@@H](OCCCCCCCl)O[C@@H](CO)[C@@H](O)[C@H]1O. The van der Waals surface area contributed by atoms with Crippen LogP contribution in [0.2, 0.25) is 0 Å². The Morgan fingerprint density at radius 1 is 1.23 bits per heavy atom. The second-order valence-electron chi connectivity index (χ2n) is 5.41. The first-order valence-corrected chi connectivity index (χ1v) is 8.11. The van der Waals surface area contributed by atoms with Crippen LogP contribution in [0.15, 0.2) is 0 Å². The molecule has 0 spiro atoms. The van der Waals surface area contributed by atoms with E-state index in [1.165, 1.54) is 6.92 Å². The van der Waals surface area contributed by atoms with Gasteiger partial charge in [-0.05, 0) is 12.8 Å². The second-order valence-corrected chi connectivity index (χ2v) is 5.78. The minimum absolute atomic E-state index is 0.363. The molecule has 0 radical (unpaired) electrons. The summed E-state index contributed by atoms with van der Waals surface area (Å²) < 4.78 is 11.0. The van der Waals surface area contributed by atoms with Gasteiger partial charge in [0.15, 0.2) is 6.29 Å². The predicted octanol–water partition coefficient (Wildman–Crippen LogP) is -0.254. The lowest BCUT2D eigenvalue weighted by atomic mass is 9.97. The standard InChI is InChI=1S/C14H26ClNO6/c1-9(18)16-11-13(20)12(19)10(8-17)22-14(11)21-7-5-3-2-4-6-15/h10-14,17,19-20H,2-8H2,1H3,(H,16,18)/t10-,11-,12+,13-,14-/m0/s1. The fourth-order valence-corrected chi connectivity index (χ4v) is 2.55. The summed E-state index contributed by atoms with van der Waals surface area (Å²) in [7, 11) is 0. The van der Waals surface area contributed by atoms with Gasteiger partial charge in [0.25, 0.3) is 0 Å². The summed E-state index contributed by atoms with van der Waals surface area (Å²) in [5.41, 5.74) is 0. The van der Waals surface area contributed by atoms with Gasteiger partial charge in [0, 0.05) is 19.4 Å². The predicted molar refractivity (Wildman–Crippen MR) is 80.5 cm³/mol. The lowest BCUT2D eigenvalue weighted by molar-refractivity contribution is -0.270. The monoisotopic (exact) mass is 339 g/mol. The third kappa shape index (κ3) is 5.98. The summed E-state index contributed by atoms with van der Waals surface area (Å²) in [5, 5.41) is 31.6. The van der Waals surface area contributed by atoms with E-state index < -0.39 is 37.3 Å². The molecule has 0 saturated carbocycles. The quantitative estimate of drug-likeness (QED) is 0.341. The van der Waals surface area contributed by atoms with Crippen molar-refractivity contribution in [2.75, 3.05) is 19.1 Å². The van der Waals surface area contributed by atoms with Gasteiger partial charge in [0.2, 0.25) is 5.91 Å². The first kappa shape index (κ1) is 19.6. The molecule has 1 saturated heterocycles. The van der Waals surface area contributed by atoms with Gasteiger partial charge in [-0.25, -0.2) is 0 Å². The van der Waals surface area contributed by atoms with Gasteiger partial charge in [0.05, 0.1) is 6.61 Å². The van der Waals surface area contributed by atoms with Crippen molar-refractivity contribution in [2.24, 2.45) is 0 Å². The number of alkyl halides is 1. The van der Waals surface area contributed by atoms with E-state index in [1.807, 2.05) is 0 Å². The minimum Gasteiger partial charge on any atom is -0.394 e. The molecule has 0 aromatic carbocycles. The molecular weight excluding hydrogens is 314 g/mol. The van der Waals surface area contributed by atoms with E-state index in [0.717, 1.165) is 25.7 Å². The summed E-state index contributed by atoms with van der Waals surface area (Å²) in [5.74, 6) is 0.275. The highest BCUT2D eigenvalue weighted by Gasteiger charge is 2.45. The Labute approximate surface area is 135 Å². The summed E-state index contributed by atoms with van der Waals surface area (Å²) in [6, 6.07) is -0.877. The maximum absolute atomic E-state index is 11.2. The largest absolute Gasteiger partial charge is 0.394 e. The van der Waals surface area contributed by atoms with Crippen molar-refractivity contribution in [1.29, 1.82) is 0 Å². The van der Waals surface area contributed by atoms with Crippen molar-refractivity contribution in [3.63, 3.8) is 0 Å². The van der Waals surface area contributed by atoms with Crippen molar-refractivity contribution in [3.05, 3.63) is 0 Å². The van der Waals surface area contributed by atoms with Crippen molar-refractivity contribution in [1.82, 2.24) is 5.32 Å². The lowest BCUT2D eigenvalue weighted by Crippen LogP contribution is -2.64. The van der Waals surface area contributed by atoms with E-state index in [2.05, 4.69) is 5.32 Å². The van der Waals surface area contributed by atoms with Gasteiger partial charge < -0.3 is 30.1 Å². The van der Waals surface area contributed by atoms with E-state index >= 15 is 0 Å². The first-order valence-electron chi connectivity index (χ1n) is 7.58. The molecule has 8 heteroatoms. The summed E-state index contributed by atoms with van der Waals surface area (Å²) in [6.07, 6.45) is -0.692. The zero-order valence-electron chi connectivity index (χ0n) is 12.8. The van der Waals surface area contributed by atoms with Crippen LogP contribution in [0.25, 0.3) is 0 Å². The normalized spacial score (nSPS) is 32.0. The van der Waals surface area contributed by atoms with E-state index in [9.17, 15) is 20.1 Å². The Bertz CT molecular complexity index is 332. The molecular formula is C14H26ClNO6. The Kier molecular flexibility index (Phi) is 9.23. The number of carbonyl (C=O) groups excluding carboxylic acids is 1. The maximum Gasteiger partial charge on any atom is 0.217 e. The van der Waals surface area contributed by atoms with Crippen molar-refractivity contribution >= 4 is 17.5 Å². The summed E-state index contributed by atoms with van der Waals surface area (Å²) >= 11 is 5.60. The molecule has 4 N–H and O–H groups in total. The number of halogens is 1. The molecule has 1 aliphatic heterocycles. The highest BCUT2D eigenvalue weighted by Crippen LogP contribution is 2.22. The third-order valence-corrected chi connectivity index (χ3v) is 3.83. The molecule has 22 heavy (non-hydrogen) atoms. The van der Waals surface area contributed by atoms with Gasteiger partial charge in [0.1, 0.15) is 24.4 Å². The number of aliphatic hydroxyl groups excluding tert-OH is 3. The fraction of sp³-hybridized carbons (Fsp3) is 0.929. The number of aliphatic hydroxyl groups is 3. The fourth-order valence-electron chi connectivity index (χ4n) is 2.36. The molecule has 1 aliphatic rings. The topological polar surface area (TPSA) is 108 Å². The van der Waals surface area contributed by atoms with Crippen molar-refractivity contribution in [2.45, 2.75) is 63.3 Å². The number of ether oxygens (including phenoxy) is 2. The Balaban J connectivity index is 2.52. The number of hydrogen-bond acceptors (Lipinski definition) is 6. The summed E-state index contributed by atoms with van der Waals surface area (Å²) in [4.78, 5) is 11.2. The average molecular weight is 340 g/mol. The molecule has 1 heterocycles. The molecule has 0 aromatic heterocycles. The van der Waals surface area contributed by atoms with Crippen molar-refractivity contribution in [3.8, 4) is 0 Å². The third-order valence-electron chi connectivity index (χ3n) is 3.56. The average Bonchev–Trinajstić information content (AvgIpc) is 2.49. The smallest absolute Gasteiger partial charge is 0.217 e. The van der Waals surface area contributed by atoms with Crippen LogP contribution in [0.1, 0.15) is 32.6 Å². The van der Waals surface area contributed by atoms with Gasteiger partial charge >= 0.3 is 0 Å². The van der Waals surface area contributed by atoms with Gasteiger partial charge in [-0.3, -0.25) is 4.79 Å². The van der Waals surface area contributed by atoms with Crippen LogP contribution in [0.3, 0.4) is 0 Å². The second kappa shape index (κ2) is 10.4. The zero-order valence-corrected chi connectivity index (χ0v) is 13.5. The van der Waals surface area contributed by atoms with Crippen LogP contribution < -0.4 is 5.32 Å². The van der Waals surface area contributed by atoms with Gasteiger partial charge in [-0.1, -0.05) is 12.8 Å². The Hall–Kier alpha value is -0.440.